The van der Waals surface area contributed by atoms with Gasteiger partial charge in [-0.05, 0) is 59.3 Å². The third-order valence-corrected chi connectivity index (χ3v) is 9.84. The van der Waals surface area contributed by atoms with Crippen LogP contribution in [0, 0.1) is 0 Å². The molecule has 9 rings (SSSR count). The second-order valence-corrected chi connectivity index (χ2v) is 14.1. The van der Waals surface area contributed by atoms with Crippen LogP contribution in [0.3, 0.4) is 0 Å². The number of nitrogens with zero attached hydrogens (tertiary/aromatic N) is 8. The molecule has 0 aliphatic carbocycles. The van der Waals surface area contributed by atoms with Gasteiger partial charge in [-0.25, -0.2) is 9.97 Å². The van der Waals surface area contributed by atoms with Crippen molar-refractivity contribution < 1.29 is 17.1 Å². The van der Waals surface area contributed by atoms with Gasteiger partial charge < -0.3 is 29.9 Å². The molecule has 0 fully saturated rings. The third-order valence-electron chi connectivity index (χ3n) is 7.77. The molecule has 243 valence electrons. The molecule has 4 aromatic carbocycles. The molecule has 49 heavy (non-hydrogen) atoms. The number of hydrogen-bond donors (Lipinski definition) is 0. The van der Waals surface area contributed by atoms with E-state index < -0.39 is 0 Å². The zero-order valence-electron chi connectivity index (χ0n) is 23.5. The Morgan fingerprint density at radius 3 is 1.12 bits per heavy atom. The SMILES string of the molecule is Clc1cc(Cl)c2c(c1)-c1nc-2nc2[n-]c(nc3nc(nc4[n-]c(n1)c1cc(Cl)cc(Cl)c41)-c1c(Cl)cc(Cl)cc1-3)c1cc(Cl)cc(Cl)c21.[Cu+2]. The van der Waals surface area contributed by atoms with Crippen molar-refractivity contribution >= 4 is 137 Å². The predicted octanol–water partition coefficient (Wildman–Crippen LogP) is 11.4. The molecule has 5 heterocycles. The van der Waals surface area contributed by atoms with Gasteiger partial charge in [0.25, 0.3) is 0 Å². The molecule has 0 atom stereocenters. The van der Waals surface area contributed by atoms with E-state index in [1.54, 1.807) is 48.5 Å². The van der Waals surface area contributed by atoms with Gasteiger partial charge in [-0.15, -0.1) is 0 Å². The molecule has 17 heteroatoms. The Balaban J connectivity index is 0.00000348. The predicted molar refractivity (Wildman–Crippen MR) is 194 cm³/mol. The van der Waals surface area contributed by atoms with Crippen LogP contribution in [-0.2, 0) is 17.1 Å². The van der Waals surface area contributed by atoms with Gasteiger partial charge in [-0.2, -0.15) is 0 Å². The second kappa shape index (κ2) is 12.1. The fourth-order valence-corrected chi connectivity index (χ4v) is 8.15. The van der Waals surface area contributed by atoms with E-state index in [-0.39, 0.29) is 63.0 Å². The van der Waals surface area contributed by atoms with Gasteiger partial charge in [-0.1, -0.05) is 92.8 Å². The largest absolute Gasteiger partial charge is 2.00 e. The van der Waals surface area contributed by atoms with Crippen LogP contribution in [0.15, 0.2) is 48.5 Å². The summed E-state index contributed by atoms with van der Waals surface area (Å²) in [6.07, 6.45) is 0. The Morgan fingerprint density at radius 1 is 0.367 bits per heavy atom. The van der Waals surface area contributed by atoms with Crippen LogP contribution in [0.5, 0.6) is 0 Å². The van der Waals surface area contributed by atoms with E-state index >= 15 is 0 Å². The number of fused-ring (bicyclic) bond motifs is 20. The maximum absolute atomic E-state index is 6.75. The Kier molecular flexibility index (Phi) is 8.21. The summed E-state index contributed by atoms with van der Waals surface area (Å²) in [6.45, 7) is 0. The molecule has 0 N–H and O–H groups in total. The summed E-state index contributed by atoms with van der Waals surface area (Å²) in [5, 5.41) is 4.68. The van der Waals surface area contributed by atoms with Crippen molar-refractivity contribution in [3.63, 3.8) is 0 Å². The molecule has 8 nitrogen and oxygen atoms in total. The van der Waals surface area contributed by atoms with E-state index in [9.17, 15) is 0 Å². The van der Waals surface area contributed by atoms with Crippen LogP contribution in [0.2, 0.25) is 40.2 Å². The molecule has 2 aliphatic heterocycles. The summed E-state index contributed by atoms with van der Waals surface area (Å²) in [5.41, 5.74) is 2.89. The molecular weight excluding hydrogens is 844 g/mol. The van der Waals surface area contributed by atoms with Gasteiger partial charge in [0, 0.05) is 75.7 Å². The van der Waals surface area contributed by atoms with Gasteiger partial charge in [0.15, 0.2) is 0 Å². The molecule has 7 aromatic rings. The second-order valence-electron chi connectivity index (χ2n) is 10.7. The maximum Gasteiger partial charge on any atom is 2.00 e. The van der Waals surface area contributed by atoms with Crippen LogP contribution < -0.4 is 9.97 Å². The monoisotopic (exact) mass is 847 g/mol. The van der Waals surface area contributed by atoms with E-state index in [0.717, 1.165) is 0 Å². The zero-order chi connectivity index (χ0) is 33.2. The summed E-state index contributed by atoms with van der Waals surface area (Å²) in [5.74, 6) is 0.885. The first-order valence-electron chi connectivity index (χ1n) is 13.7. The first kappa shape index (κ1) is 33.2. The maximum atomic E-state index is 6.75. The topological polar surface area (TPSA) is 106 Å². The fraction of sp³-hybridized carbons (Fsp3) is 0. The van der Waals surface area contributed by atoms with Crippen molar-refractivity contribution in [1.29, 1.82) is 0 Å². The minimum Gasteiger partial charge on any atom is -0.357 e. The number of hydrogen-bond acceptors (Lipinski definition) is 6. The Hall–Kier alpha value is -2.92. The quantitative estimate of drug-likeness (QED) is 0.139. The van der Waals surface area contributed by atoms with Gasteiger partial charge in [0.1, 0.15) is 0 Å². The van der Waals surface area contributed by atoms with Gasteiger partial charge >= 0.3 is 17.1 Å². The van der Waals surface area contributed by atoms with Crippen molar-refractivity contribution in [2.24, 2.45) is 0 Å². The van der Waals surface area contributed by atoms with E-state index in [0.29, 0.717) is 84.0 Å². The molecule has 0 unspecified atom stereocenters. The Morgan fingerprint density at radius 2 is 0.714 bits per heavy atom. The summed E-state index contributed by atoms with van der Waals surface area (Å²) in [7, 11) is 0. The average Bonchev–Trinajstić information content (AvgIpc) is 3.72. The van der Waals surface area contributed by atoms with Crippen molar-refractivity contribution in [2.45, 2.75) is 0 Å². The summed E-state index contributed by atoms with van der Waals surface area (Å²) < 4.78 is 0. The molecule has 8 bridgehead atoms. The number of halogens is 8. The normalized spacial score (nSPS) is 11.9. The molecule has 0 saturated heterocycles. The number of aromatic nitrogens is 8. The minimum absolute atomic E-state index is 0. The average molecular weight is 852 g/mol. The molecular formula is C32H8Cl8CuN8. The van der Waals surface area contributed by atoms with Gasteiger partial charge in [0.2, 0.25) is 0 Å². The van der Waals surface area contributed by atoms with Crippen LogP contribution in [0.1, 0.15) is 0 Å². The zero-order valence-corrected chi connectivity index (χ0v) is 30.5. The van der Waals surface area contributed by atoms with E-state index in [2.05, 4.69) is 0 Å². The van der Waals surface area contributed by atoms with E-state index in [1.807, 2.05) is 0 Å². The van der Waals surface area contributed by atoms with Gasteiger partial charge in [0.05, 0.1) is 43.4 Å². The standard InChI is InChI=1S/C32H8Cl8N8.Cu/c33-9-1-13-21(17(37)5-9)29-43-25(13)41-26-14-2-10(34)6-18(38)22(14)31(44-26)48-32-24-16(4-12(36)8-20(24)40)28(46-32)42-27-15-3-11(35)7-19(39)23(15)30(45-27)47-29;/h1-8H;/q-2;+2. The van der Waals surface area contributed by atoms with Gasteiger partial charge in [-0.3, -0.25) is 0 Å². The summed E-state index contributed by atoms with van der Waals surface area (Å²) in [4.78, 5) is 38.5. The van der Waals surface area contributed by atoms with Crippen LogP contribution in [0.4, 0.5) is 0 Å². The fourth-order valence-electron chi connectivity index (χ4n) is 5.84. The smallest absolute Gasteiger partial charge is 0.357 e. The first-order chi connectivity index (χ1) is 23.0. The van der Waals surface area contributed by atoms with Crippen molar-refractivity contribution in [1.82, 2.24) is 39.9 Å². The van der Waals surface area contributed by atoms with E-state index in [1.165, 1.54) is 0 Å². The first-order valence-corrected chi connectivity index (χ1v) is 16.7. The molecule has 3 aromatic heterocycles. The molecule has 0 spiro atoms. The van der Waals surface area contributed by atoms with Crippen LogP contribution >= 0.6 is 92.8 Å². The minimum atomic E-state index is 0. The summed E-state index contributed by atoms with van der Waals surface area (Å²) >= 11 is 52.8. The van der Waals surface area contributed by atoms with E-state index in [4.69, 9.17) is 133 Å². The Labute approximate surface area is 325 Å². The molecule has 0 saturated carbocycles. The van der Waals surface area contributed by atoms with Crippen molar-refractivity contribution in [3.8, 4) is 45.6 Å². The summed E-state index contributed by atoms with van der Waals surface area (Å²) in [6, 6.07) is 13.1. The molecule has 2 aliphatic rings. The van der Waals surface area contributed by atoms with Crippen LogP contribution in [0.25, 0.3) is 89.7 Å². The number of benzene rings is 4. The van der Waals surface area contributed by atoms with Crippen molar-refractivity contribution in [2.75, 3.05) is 0 Å². The molecule has 0 amide bonds. The molecule has 1 radical (unpaired) electrons. The van der Waals surface area contributed by atoms with Crippen LogP contribution in [-0.4, -0.2) is 29.9 Å². The number of rotatable bonds is 0. The Bertz CT molecular complexity index is 2610. The third kappa shape index (κ3) is 5.35. The van der Waals surface area contributed by atoms with Crippen molar-refractivity contribution in [3.05, 3.63) is 88.7 Å².